The van der Waals surface area contributed by atoms with Crippen LogP contribution in [0.3, 0.4) is 0 Å². The Balaban J connectivity index is 2.40. The average Bonchev–Trinajstić information content (AvgIpc) is 2.41. The third-order valence-corrected chi connectivity index (χ3v) is 4.24. The number of hydrogen-bond acceptors (Lipinski definition) is 2. The lowest BCUT2D eigenvalue weighted by molar-refractivity contribution is -0.138. The molecule has 1 unspecified atom stereocenters. The van der Waals surface area contributed by atoms with Gasteiger partial charge in [-0.2, -0.15) is 0 Å². The summed E-state index contributed by atoms with van der Waals surface area (Å²) in [6, 6.07) is 11.2. The molecular weight excluding hydrogens is 365 g/mol. The van der Waals surface area contributed by atoms with Crippen LogP contribution in [0.2, 0.25) is 10.0 Å². The predicted octanol–water partition coefficient (Wildman–Crippen LogP) is 4.99. The number of rotatable bonds is 4. The molecule has 0 radical (unpaired) electrons. The zero-order valence-electron chi connectivity index (χ0n) is 10.1. The molecular formula is C14H10BrCl2NO2. The summed E-state index contributed by atoms with van der Waals surface area (Å²) in [6.07, 6.45) is 0. The van der Waals surface area contributed by atoms with Crippen molar-refractivity contribution < 1.29 is 9.90 Å². The SMILES string of the molecule is O=C(O)C(Nc1ccccc1Br)c1cccc(Cl)c1Cl. The first kappa shape index (κ1) is 15.2. The van der Waals surface area contributed by atoms with Crippen molar-refractivity contribution >= 4 is 50.8 Å². The quantitative estimate of drug-likeness (QED) is 0.792. The smallest absolute Gasteiger partial charge is 0.330 e. The number of hydrogen-bond donors (Lipinski definition) is 2. The number of halogens is 3. The molecule has 0 amide bonds. The number of benzene rings is 2. The van der Waals surface area contributed by atoms with Crippen LogP contribution in [0.1, 0.15) is 11.6 Å². The van der Waals surface area contributed by atoms with E-state index in [1.807, 2.05) is 18.2 Å². The lowest BCUT2D eigenvalue weighted by Gasteiger charge is -2.18. The van der Waals surface area contributed by atoms with Gasteiger partial charge in [-0.1, -0.05) is 47.5 Å². The van der Waals surface area contributed by atoms with Crippen molar-refractivity contribution in [2.45, 2.75) is 6.04 Å². The van der Waals surface area contributed by atoms with E-state index in [-0.39, 0.29) is 5.02 Å². The number of nitrogens with one attached hydrogen (secondary N) is 1. The third kappa shape index (κ3) is 3.26. The maximum atomic E-state index is 11.5. The molecule has 2 aromatic rings. The molecule has 6 heteroatoms. The molecule has 1 atom stereocenters. The minimum atomic E-state index is -1.04. The number of para-hydroxylation sites is 1. The highest BCUT2D eigenvalue weighted by atomic mass is 79.9. The van der Waals surface area contributed by atoms with Gasteiger partial charge in [0, 0.05) is 15.7 Å². The van der Waals surface area contributed by atoms with Crippen molar-refractivity contribution in [2.75, 3.05) is 5.32 Å². The maximum Gasteiger partial charge on any atom is 0.330 e. The number of carboxylic acids is 1. The molecule has 3 nitrogen and oxygen atoms in total. The first-order valence-electron chi connectivity index (χ1n) is 5.68. The first-order valence-corrected chi connectivity index (χ1v) is 7.23. The Labute approximate surface area is 134 Å². The van der Waals surface area contributed by atoms with E-state index in [1.165, 1.54) is 0 Å². The number of carboxylic acid groups (broad SMARTS) is 1. The lowest BCUT2D eigenvalue weighted by Crippen LogP contribution is -2.21. The van der Waals surface area contributed by atoms with Crippen LogP contribution in [0, 0.1) is 0 Å². The van der Waals surface area contributed by atoms with E-state index in [9.17, 15) is 9.90 Å². The Morgan fingerprint density at radius 1 is 1.15 bits per heavy atom. The topological polar surface area (TPSA) is 49.3 Å². The summed E-state index contributed by atoms with van der Waals surface area (Å²) < 4.78 is 0.768. The van der Waals surface area contributed by atoms with Crippen molar-refractivity contribution in [3.05, 3.63) is 62.5 Å². The normalized spacial score (nSPS) is 11.9. The Kier molecular flexibility index (Phi) is 4.91. The monoisotopic (exact) mass is 373 g/mol. The number of anilines is 1. The van der Waals surface area contributed by atoms with E-state index >= 15 is 0 Å². The minimum absolute atomic E-state index is 0.237. The van der Waals surface area contributed by atoms with Crippen molar-refractivity contribution in [2.24, 2.45) is 0 Å². The van der Waals surface area contributed by atoms with Crippen LogP contribution in [-0.2, 0) is 4.79 Å². The molecule has 0 heterocycles. The fourth-order valence-corrected chi connectivity index (χ4v) is 2.57. The van der Waals surface area contributed by atoms with Gasteiger partial charge in [0.25, 0.3) is 0 Å². The van der Waals surface area contributed by atoms with E-state index in [0.29, 0.717) is 16.3 Å². The van der Waals surface area contributed by atoms with Crippen LogP contribution in [0.4, 0.5) is 5.69 Å². The molecule has 0 bridgehead atoms. The molecule has 0 aliphatic heterocycles. The Bertz CT molecular complexity index is 649. The minimum Gasteiger partial charge on any atom is -0.479 e. The first-order chi connectivity index (χ1) is 9.50. The largest absolute Gasteiger partial charge is 0.479 e. The second-order valence-electron chi connectivity index (χ2n) is 4.04. The molecule has 0 saturated heterocycles. The van der Waals surface area contributed by atoms with Gasteiger partial charge in [0.1, 0.15) is 0 Å². The van der Waals surface area contributed by atoms with Crippen molar-refractivity contribution in [3.63, 3.8) is 0 Å². The standard InChI is InChI=1S/C14H10BrCl2NO2/c15-9-5-1-2-7-11(9)18-13(14(19)20)8-4-3-6-10(16)12(8)17/h1-7,13,18H,(H,19,20). The fraction of sp³-hybridized carbons (Fsp3) is 0.0714. The molecule has 2 rings (SSSR count). The van der Waals surface area contributed by atoms with E-state index in [2.05, 4.69) is 21.2 Å². The molecule has 0 fully saturated rings. The molecule has 0 spiro atoms. The zero-order chi connectivity index (χ0) is 14.7. The summed E-state index contributed by atoms with van der Waals surface area (Å²) in [5, 5.41) is 12.9. The van der Waals surface area contributed by atoms with E-state index in [0.717, 1.165) is 4.47 Å². The molecule has 20 heavy (non-hydrogen) atoms. The van der Waals surface area contributed by atoms with Gasteiger partial charge in [-0.05, 0) is 34.1 Å². The van der Waals surface area contributed by atoms with Gasteiger partial charge in [0.05, 0.1) is 10.0 Å². The maximum absolute atomic E-state index is 11.5. The Morgan fingerprint density at radius 3 is 2.50 bits per heavy atom. The molecule has 0 saturated carbocycles. The van der Waals surface area contributed by atoms with E-state index in [1.54, 1.807) is 24.3 Å². The van der Waals surface area contributed by atoms with Gasteiger partial charge in [0.15, 0.2) is 6.04 Å². The zero-order valence-corrected chi connectivity index (χ0v) is 13.2. The van der Waals surface area contributed by atoms with Crippen molar-refractivity contribution in [1.82, 2.24) is 0 Å². The molecule has 0 aliphatic rings. The van der Waals surface area contributed by atoms with Gasteiger partial charge < -0.3 is 10.4 Å². The summed E-state index contributed by atoms with van der Waals surface area (Å²) in [5.74, 6) is -1.04. The summed E-state index contributed by atoms with van der Waals surface area (Å²) >= 11 is 15.4. The van der Waals surface area contributed by atoms with E-state index in [4.69, 9.17) is 23.2 Å². The van der Waals surface area contributed by atoms with Gasteiger partial charge in [-0.15, -0.1) is 0 Å². The highest BCUT2D eigenvalue weighted by Crippen LogP contribution is 2.33. The van der Waals surface area contributed by atoms with Gasteiger partial charge in [-0.25, -0.2) is 4.79 Å². The highest BCUT2D eigenvalue weighted by molar-refractivity contribution is 9.10. The fourth-order valence-electron chi connectivity index (χ4n) is 1.75. The lowest BCUT2D eigenvalue weighted by atomic mass is 10.1. The number of carbonyl (C=O) groups is 1. The molecule has 0 aromatic heterocycles. The summed E-state index contributed by atoms with van der Waals surface area (Å²) in [4.78, 5) is 11.5. The Hall–Kier alpha value is -1.23. The molecule has 2 aromatic carbocycles. The molecule has 104 valence electrons. The van der Waals surface area contributed by atoms with Crippen LogP contribution < -0.4 is 5.32 Å². The summed E-state index contributed by atoms with van der Waals surface area (Å²) in [5.41, 5.74) is 1.08. The van der Waals surface area contributed by atoms with Gasteiger partial charge in [-0.3, -0.25) is 0 Å². The third-order valence-electron chi connectivity index (χ3n) is 2.71. The second kappa shape index (κ2) is 6.48. The van der Waals surface area contributed by atoms with Crippen LogP contribution >= 0.6 is 39.1 Å². The predicted molar refractivity (Wildman–Crippen MR) is 84.6 cm³/mol. The summed E-state index contributed by atoms with van der Waals surface area (Å²) in [7, 11) is 0. The summed E-state index contributed by atoms with van der Waals surface area (Å²) in [6.45, 7) is 0. The number of aliphatic carboxylic acids is 1. The van der Waals surface area contributed by atoms with Gasteiger partial charge in [0.2, 0.25) is 0 Å². The molecule has 0 aliphatic carbocycles. The van der Waals surface area contributed by atoms with Crippen LogP contribution in [0.5, 0.6) is 0 Å². The van der Waals surface area contributed by atoms with Crippen LogP contribution in [0.15, 0.2) is 46.9 Å². The molecule has 2 N–H and O–H groups in total. The van der Waals surface area contributed by atoms with Crippen LogP contribution in [-0.4, -0.2) is 11.1 Å². The highest BCUT2D eigenvalue weighted by Gasteiger charge is 2.23. The van der Waals surface area contributed by atoms with Gasteiger partial charge >= 0.3 is 5.97 Å². The van der Waals surface area contributed by atoms with E-state index < -0.39 is 12.0 Å². The Morgan fingerprint density at radius 2 is 1.85 bits per heavy atom. The van der Waals surface area contributed by atoms with Crippen molar-refractivity contribution in [1.29, 1.82) is 0 Å². The average molecular weight is 375 g/mol. The second-order valence-corrected chi connectivity index (χ2v) is 5.68. The van der Waals surface area contributed by atoms with Crippen molar-refractivity contribution in [3.8, 4) is 0 Å². The van der Waals surface area contributed by atoms with Crippen LogP contribution in [0.25, 0.3) is 0 Å².